The number of benzene rings is 3. The fourth-order valence-electron chi connectivity index (χ4n) is 3.55. The Morgan fingerprint density at radius 1 is 1.09 bits per heavy atom. The molecular weight excluding hydrogens is 553 g/mol. The highest BCUT2D eigenvalue weighted by Gasteiger charge is 2.14. The zero-order valence-electron chi connectivity index (χ0n) is 19.2. The van der Waals surface area contributed by atoms with Gasteiger partial charge in [-0.25, -0.2) is 10.4 Å². The summed E-state index contributed by atoms with van der Waals surface area (Å²) in [6.07, 6.45) is 3.27. The van der Waals surface area contributed by atoms with Gasteiger partial charge in [0.2, 0.25) is 0 Å². The van der Waals surface area contributed by atoms with Crippen LogP contribution in [0.5, 0.6) is 11.5 Å². The summed E-state index contributed by atoms with van der Waals surface area (Å²) < 4.78 is 12.3. The molecule has 1 aromatic heterocycles. The highest BCUT2D eigenvalue weighted by Crippen LogP contribution is 2.34. The van der Waals surface area contributed by atoms with Crippen LogP contribution < -0.4 is 14.9 Å². The number of hydrogen-bond donors (Lipinski definition) is 1. The standard InChI is InChI=1S/C28H24IN3O3/c1-3-14-35-27-23(29)15-19(16-26(27)34-4-2)18-30-32-28(33)22-17-25(20-10-6-5-7-11-20)31-24-13-9-8-12-21(22)24/h3,5-13,15-18H,1,4,14H2,2H3,(H,32,33)/b30-18-. The highest BCUT2D eigenvalue weighted by atomic mass is 127. The van der Waals surface area contributed by atoms with Gasteiger partial charge in [-0.15, -0.1) is 0 Å². The van der Waals surface area contributed by atoms with E-state index in [4.69, 9.17) is 14.5 Å². The third kappa shape index (κ3) is 5.86. The molecule has 0 aliphatic rings. The van der Waals surface area contributed by atoms with Gasteiger partial charge in [0.1, 0.15) is 6.61 Å². The first-order chi connectivity index (χ1) is 17.1. The van der Waals surface area contributed by atoms with E-state index in [1.54, 1.807) is 18.4 Å². The smallest absolute Gasteiger partial charge is 0.272 e. The van der Waals surface area contributed by atoms with Crippen LogP contribution in [0.4, 0.5) is 0 Å². The summed E-state index contributed by atoms with van der Waals surface area (Å²) in [6.45, 7) is 6.48. The normalized spacial score (nSPS) is 10.9. The number of halogens is 1. The van der Waals surface area contributed by atoms with Gasteiger partial charge in [0, 0.05) is 10.9 Å². The number of hydrogen-bond acceptors (Lipinski definition) is 5. The SMILES string of the molecule is C=CCOc1c(I)cc(/C=N\NC(=O)c2cc(-c3ccccc3)nc3ccccc23)cc1OCC. The maximum absolute atomic E-state index is 13.1. The van der Waals surface area contributed by atoms with Gasteiger partial charge in [0.15, 0.2) is 11.5 Å². The number of para-hydroxylation sites is 1. The second-order valence-electron chi connectivity index (χ2n) is 7.50. The monoisotopic (exact) mass is 577 g/mol. The maximum Gasteiger partial charge on any atom is 0.272 e. The summed E-state index contributed by atoms with van der Waals surface area (Å²) in [7, 11) is 0. The molecule has 0 saturated carbocycles. The highest BCUT2D eigenvalue weighted by molar-refractivity contribution is 14.1. The maximum atomic E-state index is 13.1. The van der Waals surface area contributed by atoms with Crippen molar-refractivity contribution in [2.24, 2.45) is 5.10 Å². The Labute approximate surface area is 217 Å². The van der Waals surface area contributed by atoms with Crippen LogP contribution in [-0.2, 0) is 0 Å². The zero-order valence-corrected chi connectivity index (χ0v) is 21.4. The molecule has 7 heteroatoms. The van der Waals surface area contributed by atoms with Crippen molar-refractivity contribution in [3.8, 4) is 22.8 Å². The number of aromatic nitrogens is 1. The number of hydrazone groups is 1. The molecule has 0 aliphatic heterocycles. The number of nitrogens with one attached hydrogen (secondary N) is 1. The summed E-state index contributed by atoms with van der Waals surface area (Å²) in [4.78, 5) is 17.9. The fourth-order valence-corrected chi connectivity index (χ4v) is 4.33. The van der Waals surface area contributed by atoms with Gasteiger partial charge >= 0.3 is 0 Å². The van der Waals surface area contributed by atoms with Gasteiger partial charge in [0.25, 0.3) is 5.91 Å². The number of fused-ring (bicyclic) bond motifs is 1. The van der Waals surface area contributed by atoms with Crippen molar-refractivity contribution in [1.82, 2.24) is 10.4 Å². The third-order valence-electron chi connectivity index (χ3n) is 5.09. The Balaban J connectivity index is 1.60. The number of amides is 1. The van der Waals surface area contributed by atoms with Gasteiger partial charge in [-0.3, -0.25) is 4.79 Å². The second-order valence-corrected chi connectivity index (χ2v) is 8.66. The summed E-state index contributed by atoms with van der Waals surface area (Å²) in [5.41, 5.74) is 6.34. The van der Waals surface area contributed by atoms with E-state index >= 15 is 0 Å². The number of carbonyl (C=O) groups excluding carboxylic acids is 1. The first-order valence-electron chi connectivity index (χ1n) is 11.1. The Morgan fingerprint density at radius 2 is 1.86 bits per heavy atom. The molecule has 0 aliphatic carbocycles. The second kappa shape index (κ2) is 11.6. The molecule has 35 heavy (non-hydrogen) atoms. The lowest BCUT2D eigenvalue weighted by Gasteiger charge is -2.13. The third-order valence-corrected chi connectivity index (χ3v) is 5.89. The molecular formula is C28H24IN3O3. The van der Waals surface area contributed by atoms with Crippen LogP contribution in [0, 0.1) is 3.57 Å². The Bertz CT molecular complexity index is 1390. The van der Waals surface area contributed by atoms with E-state index in [9.17, 15) is 4.79 Å². The molecule has 6 nitrogen and oxygen atoms in total. The Kier molecular flexibility index (Phi) is 8.10. The van der Waals surface area contributed by atoms with Crippen molar-refractivity contribution < 1.29 is 14.3 Å². The molecule has 0 saturated heterocycles. The predicted octanol–water partition coefficient (Wildman–Crippen LogP) is 6.23. The van der Waals surface area contributed by atoms with Crippen molar-refractivity contribution in [2.45, 2.75) is 6.92 Å². The molecule has 4 aromatic rings. The van der Waals surface area contributed by atoms with Gasteiger partial charge in [-0.05, 0) is 59.3 Å². The molecule has 1 heterocycles. The average Bonchev–Trinajstić information content (AvgIpc) is 2.88. The largest absolute Gasteiger partial charge is 0.490 e. The van der Waals surface area contributed by atoms with Crippen molar-refractivity contribution in [3.05, 3.63) is 100 Å². The zero-order chi connectivity index (χ0) is 24.6. The van der Waals surface area contributed by atoms with Gasteiger partial charge < -0.3 is 9.47 Å². The molecule has 0 atom stereocenters. The first-order valence-corrected chi connectivity index (χ1v) is 12.2. The van der Waals surface area contributed by atoms with E-state index in [1.807, 2.05) is 73.7 Å². The number of pyridine rings is 1. The number of carbonyl (C=O) groups is 1. The summed E-state index contributed by atoms with van der Waals surface area (Å²) >= 11 is 2.19. The van der Waals surface area contributed by atoms with Crippen molar-refractivity contribution in [1.29, 1.82) is 0 Å². The molecule has 3 aromatic carbocycles. The van der Waals surface area contributed by atoms with Crippen molar-refractivity contribution >= 4 is 45.6 Å². The van der Waals surface area contributed by atoms with Crippen LogP contribution in [0.25, 0.3) is 22.2 Å². The van der Waals surface area contributed by atoms with Crippen LogP contribution >= 0.6 is 22.6 Å². The van der Waals surface area contributed by atoms with E-state index < -0.39 is 0 Å². The first kappa shape index (κ1) is 24.4. The van der Waals surface area contributed by atoms with Crippen molar-refractivity contribution in [3.63, 3.8) is 0 Å². The summed E-state index contributed by atoms with van der Waals surface area (Å²) in [5.74, 6) is 0.953. The Hall–Kier alpha value is -3.72. The molecule has 0 unspecified atom stereocenters. The van der Waals surface area contributed by atoms with Gasteiger partial charge in [0.05, 0.1) is 33.2 Å². The lowest BCUT2D eigenvalue weighted by molar-refractivity contribution is 0.0956. The lowest BCUT2D eigenvalue weighted by Crippen LogP contribution is -2.18. The van der Waals surface area contributed by atoms with E-state index in [2.05, 4.69) is 39.7 Å². The van der Waals surface area contributed by atoms with Crippen LogP contribution in [0.3, 0.4) is 0 Å². The number of rotatable bonds is 9. The molecule has 0 spiro atoms. The van der Waals surface area contributed by atoms with Crippen molar-refractivity contribution in [2.75, 3.05) is 13.2 Å². The summed E-state index contributed by atoms with van der Waals surface area (Å²) in [6, 6.07) is 22.9. The van der Waals surface area contributed by atoms with Crippen LogP contribution in [0.1, 0.15) is 22.8 Å². The molecule has 0 bridgehead atoms. The minimum atomic E-state index is -0.317. The van der Waals surface area contributed by atoms with E-state index in [0.717, 1.165) is 31.3 Å². The number of ether oxygens (including phenoxy) is 2. The number of nitrogens with zero attached hydrogens (tertiary/aromatic N) is 2. The van der Waals surface area contributed by atoms with E-state index in [0.29, 0.717) is 30.3 Å². The van der Waals surface area contributed by atoms with Gasteiger partial charge in [-0.2, -0.15) is 5.10 Å². The minimum absolute atomic E-state index is 0.317. The van der Waals surface area contributed by atoms with E-state index in [-0.39, 0.29) is 5.91 Å². The van der Waals surface area contributed by atoms with E-state index in [1.165, 1.54) is 0 Å². The lowest BCUT2D eigenvalue weighted by atomic mass is 10.0. The van der Waals surface area contributed by atoms with Crippen LogP contribution in [0.15, 0.2) is 90.6 Å². The molecule has 0 fully saturated rings. The molecule has 176 valence electrons. The van der Waals surface area contributed by atoms with Crippen LogP contribution in [-0.4, -0.2) is 30.3 Å². The van der Waals surface area contributed by atoms with Crippen LogP contribution in [0.2, 0.25) is 0 Å². The average molecular weight is 577 g/mol. The molecule has 4 rings (SSSR count). The predicted molar refractivity (Wildman–Crippen MR) is 148 cm³/mol. The summed E-state index contributed by atoms with van der Waals surface area (Å²) in [5, 5.41) is 4.96. The molecule has 1 N–H and O–H groups in total. The molecule has 1 amide bonds. The van der Waals surface area contributed by atoms with Gasteiger partial charge in [-0.1, -0.05) is 61.2 Å². The Morgan fingerprint density at radius 3 is 2.63 bits per heavy atom. The molecule has 0 radical (unpaired) electrons. The quantitative estimate of drug-likeness (QED) is 0.111. The minimum Gasteiger partial charge on any atom is -0.490 e. The fraction of sp³-hybridized carbons (Fsp3) is 0.107. The topological polar surface area (TPSA) is 72.8 Å².